The third-order valence-electron chi connectivity index (χ3n) is 5.84. The summed E-state index contributed by atoms with van der Waals surface area (Å²) in [6.07, 6.45) is 3.32. The van der Waals surface area contributed by atoms with Crippen molar-refractivity contribution in [2.45, 2.75) is 37.9 Å². The molecule has 8 heteroatoms. The number of likely N-dealkylation sites (N-methyl/N-ethyl adjacent to an activating group) is 1. The van der Waals surface area contributed by atoms with Crippen LogP contribution in [0, 0.1) is 5.92 Å². The molecule has 1 aromatic carbocycles. The normalized spacial score (nSPS) is 20.5. The van der Waals surface area contributed by atoms with E-state index in [4.69, 9.17) is 4.65 Å². The van der Waals surface area contributed by atoms with E-state index in [1.54, 1.807) is 12.1 Å². The van der Waals surface area contributed by atoms with Crippen LogP contribution in [0.3, 0.4) is 0 Å². The highest BCUT2D eigenvalue weighted by molar-refractivity contribution is 6.47. The van der Waals surface area contributed by atoms with Gasteiger partial charge in [0, 0.05) is 31.7 Å². The molecule has 152 valence electrons. The lowest BCUT2D eigenvalue weighted by Crippen LogP contribution is -2.38. The molecule has 1 fully saturated rings. The lowest BCUT2D eigenvalue weighted by atomic mass is 9.64. The molecule has 7 nitrogen and oxygen atoms in total. The summed E-state index contributed by atoms with van der Waals surface area (Å²) in [4.78, 5) is 26.3. The number of piperidine rings is 1. The van der Waals surface area contributed by atoms with Crippen LogP contribution in [0.25, 0.3) is 0 Å². The summed E-state index contributed by atoms with van der Waals surface area (Å²) in [7, 11) is 0.802. The molecule has 3 N–H and O–H groups in total. The molecule has 0 spiro atoms. The number of carboxylic acid groups (broad SMARTS) is 1. The average molecular weight is 388 g/mol. The van der Waals surface area contributed by atoms with Gasteiger partial charge in [-0.05, 0) is 56.9 Å². The molecule has 0 saturated carbocycles. The molecule has 1 aromatic rings. The smallest absolute Gasteiger partial charge is 0.526 e. The van der Waals surface area contributed by atoms with Crippen molar-refractivity contribution in [3.05, 3.63) is 29.3 Å². The van der Waals surface area contributed by atoms with Crippen molar-refractivity contribution in [3.63, 3.8) is 0 Å². The monoisotopic (exact) mass is 388 g/mol. The summed E-state index contributed by atoms with van der Waals surface area (Å²) >= 11 is 0. The number of benzene rings is 1. The van der Waals surface area contributed by atoms with Crippen LogP contribution in [0.5, 0.6) is 5.75 Å². The van der Waals surface area contributed by atoms with E-state index in [0.717, 1.165) is 44.6 Å². The maximum atomic E-state index is 12.6. The quantitative estimate of drug-likeness (QED) is 0.580. The van der Waals surface area contributed by atoms with Crippen molar-refractivity contribution < 1.29 is 24.4 Å². The Morgan fingerprint density at radius 2 is 2.04 bits per heavy atom. The number of nitrogens with zero attached hydrogens (tertiary/aromatic N) is 1. The summed E-state index contributed by atoms with van der Waals surface area (Å²) in [5.41, 5.74) is 0.784. The van der Waals surface area contributed by atoms with Crippen molar-refractivity contribution in [1.82, 2.24) is 10.2 Å². The molecule has 1 atom stereocenters. The number of nitrogens with one attached hydrogen (secondary N) is 1. The van der Waals surface area contributed by atoms with Gasteiger partial charge in [-0.25, -0.2) is 4.79 Å². The highest BCUT2D eigenvalue weighted by Crippen LogP contribution is 2.36. The molecule has 2 aliphatic rings. The van der Waals surface area contributed by atoms with Gasteiger partial charge in [0.15, 0.2) is 0 Å². The zero-order valence-electron chi connectivity index (χ0n) is 16.4. The van der Waals surface area contributed by atoms with E-state index in [9.17, 15) is 19.7 Å². The zero-order chi connectivity index (χ0) is 20.1. The third-order valence-corrected chi connectivity index (χ3v) is 5.84. The molecule has 0 unspecified atom stereocenters. The molecule has 0 amide bonds. The largest absolute Gasteiger partial charge is 0.535 e. The number of carboxylic acids is 1. The fourth-order valence-corrected chi connectivity index (χ4v) is 4.21. The number of rotatable bonds is 8. The molecule has 0 bridgehead atoms. The SMILES string of the molecule is CNCCN1CCC(CC(=O)C[C@H]2Cc3cccc(C(=O)O)c3OB2O)CC1. The van der Waals surface area contributed by atoms with Gasteiger partial charge in [-0.1, -0.05) is 12.1 Å². The number of carbonyl (C=O) groups excluding carboxylic acids is 1. The van der Waals surface area contributed by atoms with Crippen molar-refractivity contribution >= 4 is 18.9 Å². The van der Waals surface area contributed by atoms with Crippen LogP contribution in [0.1, 0.15) is 41.6 Å². The van der Waals surface area contributed by atoms with E-state index in [0.29, 0.717) is 18.8 Å². The molecule has 2 heterocycles. The third kappa shape index (κ3) is 5.13. The van der Waals surface area contributed by atoms with Gasteiger partial charge in [0.25, 0.3) is 0 Å². The predicted octanol–water partition coefficient (Wildman–Crippen LogP) is 1.45. The van der Waals surface area contributed by atoms with Gasteiger partial charge in [-0.15, -0.1) is 0 Å². The van der Waals surface area contributed by atoms with Crippen molar-refractivity contribution in [1.29, 1.82) is 0 Å². The maximum Gasteiger partial charge on any atom is 0.526 e. The Morgan fingerprint density at radius 3 is 2.71 bits per heavy atom. The van der Waals surface area contributed by atoms with Crippen molar-refractivity contribution in [3.8, 4) is 5.75 Å². The summed E-state index contributed by atoms with van der Waals surface area (Å²) < 4.78 is 5.49. The zero-order valence-corrected chi connectivity index (χ0v) is 16.4. The van der Waals surface area contributed by atoms with Crippen LogP contribution in [-0.4, -0.2) is 67.1 Å². The second-order valence-electron chi connectivity index (χ2n) is 7.91. The number of fused-ring (bicyclic) bond motifs is 1. The molecular formula is C20H29BN2O5. The van der Waals surface area contributed by atoms with Crippen LogP contribution in [0.4, 0.5) is 0 Å². The summed E-state index contributed by atoms with van der Waals surface area (Å²) in [6, 6.07) is 4.93. The molecule has 0 aliphatic carbocycles. The van der Waals surface area contributed by atoms with Gasteiger partial charge in [0.2, 0.25) is 0 Å². The lowest BCUT2D eigenvalue weighted by Gasteiger charge is -2.32. The first-order chi connectivity index (χ1) is 13.5. The van der Waals surface area contributed by atoms with Crippen LogP contribution >= 0.6 is 0 Å². The van der Waals surface area contributed by atoms with Crippen LogP contribution < -0.4 is 9.97 Å². The summed E-state index contributed by atoms with van der Waals surface area (Å²) in [5.74, 6) is -0.635. The number of para-hydroxylation sites is 1. The Morgan fingerprint density at radius 1 is 1.29 bits per heavy atom. The van der Waals surface area contributed by atoms with Gasteiger partial charge >= 0.3 is 13.1 Å². The fourth-order valence-electron chi connectivity index (χ4n) is 4.21. The minimum Gasteiger partial charge on any atom is -0.535 e. The molecular weight excluding hydrogens is 359 g/mol. The van der Waals surface area contributed by atoms with Gasteiger partial charge < -0.3 is 25.0 Å². The van der Waals surface area contributed by atoms with Crippen LogP contribution in [0.15, 0.2) is 18.2 Å². The fraction of sp³-hybridized carbons (Fsp3) is 0.600. The minimum absolute atomic E-state index is 0.0476. The van der Waals surface area contributed by atoms with Crippen molar-refractivity contribution in [2.75, 3.05) is 33.2 Å². The summed E-state index contributed by atoms with van der Waals surface area (Å²) in [6.45, 7) is 4.08. The van der Waals surface area contributed by atoms with Gasteiger partial charge in [0.1, 0.15) is 11.5 Å². The Bertz CT molecular complexity index is 706. The number of carbonyl (C=O) groups is 2. The van der Waals surface area contributed by atoms with Crippen molar-refractivity contribution in [2.24, 2.45) is 5.92 Å². The first-order valence-electron chi connectivity index (χ1n) is 10.1. The Balaban J connectivity index is 1.51. The molecule has 28 heavy (non-hydrogen) atoms. The average Bonchev–Trinajstić information content (AvgIpc) is 2.67. The number of aromatic carboxylic acids is 1. The van der Waals surface area contributed by atoms with Gasteiger partial charge in [-0.2, -0.15) is 0 Å². The molecule has 0 aromatic heterocycles. The second-order valence-corrected chi connectivity index (χ2v) is 7.91. The van der Waals surface area contributed by atoms with Gasteiger partial charge in [-0.3, -0.25) is 4.79 Å². The Hall–Kier alpha value is -1.90. The van der Waals surface area contributed by atoms with E-state index in [1.165, 1.54) is 6.07 Å². The minimum atomic E-state index is -1.15. The van der Waals surface area contributed by atoms with Gasteiger partial charge in [0.05, 0.1) is 5.56 Å². The predicted molar refractivity (Wildman–Crippen MR) is 107 cm³/mol. The number of ketones is 1. The lowest BCUT2D eigenvalue weighted by molar-refractivity contribution is -0.120. The Kier molecular flexibility index (Phi) is 7.10. The van der Waals surface area contributed by atoms with E-state index in [2.05, 4.69) is 10.2 Å². The van der Waals surface area contributed by atoms with E-state index in [-0.39, 0.29) is 29.3 Å². The number of hydrogen-bond acceptors (Lipinski definition) is 6. The Labute approximate surface area is 166 Å². The standard InChI is InChI=1S/C20H29BN2O5/c1-22-7-10-23-8-5-14(6-9-23)11-17(24)13-16-12-15-3-2-4-18(20(25)26)19(15)28-21(16)27/h2-4,14,16,22,27H,5-13H2,1H3,(H,25,26)/t16-/m1/s1. The molecule has 0 radical (unpaired) electrons. The van der Waals surface area contributed by atoms with E-state index < -0.39 is 13.1 Å². The first-order valence-corrected chi connectivity index (χ1v) is 10.1. The summed E-state index contributed by atoms with van der Waals surface area (Å²) in [5, 5.41) is 22.7. The molecule has 3 rings (SSSR count). The topological polar surface area (TPSA) is 99.1 Å². The molecule has 2 aliphatic heterocycles. The maximum absolute atomic E-state index is 12.6. The molecule has 1 saturated heterocycles. The number of hydrogen-bond donors (Lipinski definition) is 3. The van der Waals surface area contributed by atoms with Crippen LogP contribution in [0.2, 0.25) is 5.82 Å². The first kappa shape index (κ1) is 20.8. The highest BCUT2D eigenvalue weighted by atomic mass is 16.5. The number of Topliss-reactive ketones (excluding diaryl/α,β-unsaturated/α-hetero) is 1. The highest BCUT2D eigenvalue weighted by Gasteiger charge is 2.38. The van der Waals surface area contributed by atoms with E-state index >= 15 is 0 Å². The van der Waals surface area contributed by atoms with Crippen LogP contribution in [-0.2, 0) is 11.2 Å². The second kappa shape index (κ2) is 9.54. The van der Waals surface area contributed by atoms with E-state index in [1.807, 2.05) is 7.05 Å². The number of likely N-dealkylation sites (tertiary alicyclic amines) is 1.